The van der Waals surface area contributed by atoms with Crippen molar-refractivity contribution in [2.24, 2.45) is 0 Å². The molecule has 0 aliphatic carbocycles. The minimum absolute atomic E-state index is 0.0425. The molecule has 0 aromatic carbocycles. The summed E-state index contributed by atoms with van der Waals surface area (Å²) in [4.78, 5) is 37.7. The average Bonchev–Trinajstić information content (AvgIpc) is 3.27. The van der Waals surface area contributed by atoms with Crippen molar-refractivity contribution in [1.82, 2.24) is 0 Å². The monoisotopic (exact) mass is 948 g/mol. The Morgan fingerprint density at radius 2 is 0.864 bits per heavy atom. The number of carbonyl (C=O) groups is 2. The molecule has 0 spiro atoms. The third-order valence-corrected chi connectivity index (χ3v) is 12.5. The molecule has 0 aromatic heterocycles. The van der Waals surface area contributed by atoms with Crippen LogP contribution in [-0.2, 0) is 32.7 Å². The van der Waals surface area contributed by atoms with Gasteiger partial charge in [0.25, 0.3) is 7.82 Å². The number of ether oxygens (including phenoxy) is 2. The molecule has 0 aliphatic heterocycles. The molecule has 10 heteroatoms. The van der Waals surface area contributed by atoms with Gasteiger partial charge < -0.3 is 27.9 Å². The van der Waals surface area contributed by atoms with Crippen LogP contribution >= 0.6 is 7.82 Å². The Hall–Kier alpha value is -2.29. The lowest BCUT2D eigenvalue weighted by Crippen LogP contribution is -2.37. The normalized spacial score (nSPS) is 13.8. The number of hydrogen-bond donors (Lipinski definition) is 0. The molecule has 0 bridgehead atoms. The number of quaternary nitrogens is 1. The molecule has 0 rings (SSSR count). The van der Waals surface area contributed by atoms with Crippen molar-refractivity contribution in [3.8, 4) is 0 Å². The molecule has 66 heavy (non-hydrogen) atoms. The van der Waals surface area contributed by atoms with E-state index < -0.39 is 32.5 Å². The van der Waals surface area contributed by atoms with Gasteiger partial charge in [0.15, 0.2) is 6.10 Å². The first-order valence-electron chi connectivity index (χ1n) is 27.0. The number of hydrogen-bond acceptors (Lipinski definition) is 8. The van der Waals surface area contributed by atoms with Gasteiger partial charge in [-0.25, -0.2) is 0 Å². The van der Waals surface area contributed by atoms with Gasteiger partial charge in [0.05, 0.1) is 27.7 Å². The highest BCUT2D eigenvalue weighted by Gasteiger charge is 2.21. The number of rotatable bonds is 49. The van der Waals surface area contributed by atoms with Crippen LogP contribution in [-0.4, -0.2) is 70.0 Å². The maximum Gasteiger partial charge on any atom is 0.306 e. The summed E-state index contributed by atoms with van der Waals surface area (Å²) < 4.78 is 34.0. The largest absolute Gasteiger partial charge is 0.756 e. The lowest BCUT2D eigenvalue weighted by Gasteiger charge is -2.28. The second-order valence-electron chi connectivity index (χ2n) is 19.2. The van der Waals surface area contributed by atoms with Crippen molar-refractivity contribution in [3.05, 3.63) is 60.8 Å². The maximum absolute atomic E-state index is 12.7. The van der Waals surface area contributed by atoms with Crippen LogP contribution in [0.15, 0.2) is 60.8 Å². The summed E-state index contributed by atoms with van der Waals surface area (Å²) in [6, 6.07) is 0. The third kappa shape index (κ3) is 51.1. The summed E-state index contributed by atoms with van der Waals surface area (Å²) in [6.45, 7) is 4.08. The molecule has 2 atom stereocenters. The minimum Gasteiger partial charge on any atom is -0.756 e. The van der Waals surface area contributed by atoms with Gasteiger partial charge in [0, 0.05) is 12.8 Å². The first-order chi connectivity index (χ1) is 32.0. The Morgan fingerprint density at radius 3 is 1.27 bits per heavy atom. The summed E-state index contributed by atoms with van der Waals surface area (Å²) in [7, 11) is 1.13. The highest BCUT2D eigenvalue weighted by Crippen LogP contribution is 2.38. The lowest BCUT2D eigenvalue weighted by molar-refractivity contribution is -0.870. The molecule has 2 unspecified atom stereocenters. The van der Waals surface area contributed by atoms with Crippen LogP contribution in [0.4, 0.5) is 0 Å². The highest BCUT2D eigenvalue weighted by atomic mass is 31.2. The van der Waals surface area contributed by atoms with E-state index >= 15 is 0 Å². The fraction of sp³-hybridized carbons (Fsp3) is 0.786. The predicted molar refractivity (Wildman–Crippen MR) is 277 cm³/mol. The van der Waals surface area contributed by atoms with E-state index in [2.05, 4.69) is 68.5 Å². The zero-order valence-electron chi connectivity index (χ0n) is 43.4. The standard InChI is InChI=1S/C56H102NO8P/c1-6-8-10-12-14-16-18-20-22-24-25-26-27-28-29-30-31-33-34-36-38-40-42-44-46-48-55(58)62-52-54(53-64-66(60,61)63-51-50-57(3,4)5)65-56(59)49-47-45-43-41-39-37-35-32-23-21-19-17-15-13-11-9-7-2/h9,11,15,17,21,23,35,37,41,43,54H,6-8,10,12-14,16,18-20,22,24-34,36,38-40,42,44-53H2,1-5H3/b11-9-,17-15-,23-21-,37-35-,43-41-. The van der Waals surface area contributed by atoms with E-state index in [1.807, 2.05) is 27.2 Å². The Kier molecular flexibility index (Phi) is 46.1. The lowest BCUT2D eigenvalue weighted by atomic mass is 10.0. The van der Waals surface area contributed by atoms with Gasteiger partial charge >= 0.3 is 11.9 Å². The summed E-state index contributed by atoms with van der Waals surface area (Å²) in [5.74, 6) is -0.896. The molecule has 384 valence electrons. The number of allylic oxidation sites excluding steroid dienone is 10. The number of phosphoric ester groups is 1. The molecule has 9 nitrogen and oxygen atoms in total. The number of likely N-dealkylation sites (N-methyl/N-ethyl adjacent to an activating group) is 1. The first kappa shape index (κ1) is 63.7. The molecular formula is C56H102NO8P. The van der Waals surface area contributed by atoms with Gasteiger partial charge in [0.1, 0.15) is 19.8 Å². The average molecular weight is 948 g/mol. The Morgan fingerprint density at radius 1 is 0.485 bits per heavy atom. The molecule has 0 N–H and O–H groups in total. The Bertz CT molecular complexity index is 1300. The molecule has 0 fully saturated rings. The minimum atomic E-state index is -4.65. The SMILES string of the molecule is CC/C=C\C/C=C\C/C=C\C/C=C\C/C=C\CCCC(=O)OC(COC(=O)CCCCCCCCCCCCCCCCCCCCCCCCCCC)COP(=O)([O-])OCC[N+](C)(C)C. The molecule has 0 amide bonds. The summed E-state index contributed by atoms with van der Waals surface area (Å²) >= 11 is 0. The van der Waals surface area contributed by atoms with Crippen LogP contribution in [0.25, 0.3) is 0 Å². The summed E-state index contributed by atoms with van der Waals surface area (Å²) in [6.07, 6.45) is 59.9. The number of nitrogens with zero attached hydrogens (tertiary/aromatic N) is 1. The van der Waals surface area contributed by atoms with E-state index in [-0.39, 0.29) is 26.1 Å². The van der Waals surface area contributed by atoms with Crippen molar-refractivity contribution in [1.29, 1.82) is 0 Å². The molecule has 0 aromatic rings. The first-order valence-corrected chi connectivity index (χ1v) is 28.5. The molecular weight excluding hydrogens is 846 g/mol. The van der Waals surface area contributed by atoms with Gasteiger partial charge in [-0.15, -0.1) is 0 Å². The number of carbonyl (C=O) groups excluding carboxylic acids is 2. The molecule has 0 radical (unpaired) electrons. The Balaban J connectivity index is 4.21. The second kappa shape index (κ2) is 47.8. The van der Waals surface area contributed by atoms with Crippen LogP contribution in [0.5, 0.6) is 0 Å². The van der Waals surface area contributed by atoms with Crippen molar-refractivity contribution in [3.63, 3.8) is 0 Å². The van der Waals surface area contributed by atoms with E-state index in [9.17, 15) is 19.0 Å². The molecule has 0 aliphatic rings. The summed E-state index contributed by atoms with van der Waals surface area (Å²) in [5, 5.41) is 0. The highest BCUT2D eigenvalue weighted by molar-refractivity contribution is 7.45. The van der Waals surface area contributed by atoms with Crippen molar-refractivity contribution < 1.29 is 42.1 Å². The summed E-state index contributed by atoms with van der Waals surface area (Å²) in [5.41, 5.74) is 0. The van der Waals surface area contributed by atoms with Gasteiger partial charge in [-0.2, -0.15) is 0 Å². The number of unbranched alkanes of at least 4 members (excludes halogenated alkanes) is 25. The van der Waals surface area contributed by atoms with Gasteiger partial charge in [-0.05, 0) is 51.4 Å². The molecule has 0 saturated heterocycles. The van der Waals surface area contributed by atoms with Crippen LogP contribution in [0, 0.1) is 0 Å². The zero-order chi connectivity index (χ0) is 48.5. The molecule has 0 saturated carbocycles. The predicted octanol–water partition coefficient (Wildman–Crippen LogP) is 15.7. The van der Waals surface area contributed by atoms with Crippen molar-refractivity contribution in [2.75, 3.05) is 47.5 Å². The van der Waals surface area contributed by atoms with Crippen LogP contribution < -0.4 is 4.89 Å². The number of phosphoric acid groups is 1. The maximum atomic E-state index is 12.7. The van der Waals surface area contributed by atoms with Gasteiger partial charge in [-0.1, -0.05) is 229 Å². The van der Waals surface area contributed by atoms with Crippen LogP contribution in [0.2, 0.25) is 0 Å². The topological polar surface area (TPSA) is 111 Å². The van der Waals surface area contributed by atoms with E-state index in [4.69, 9.17) is 18.5 Å². The van der Waals surface area contributed by atoms with Crippen molar-refractivity contribution >= 4 is 19.8 Å². The quantitative estimate of drug-likeness (QED) is 0.0195. The van der Waals surface area contributed by atoms with Crippen LogP contribution in [0.3, 0.4) is 0 Å². The number of esters is 2. The smallest absolute Gasteiger partial charge is 0.306 e. The van der Waals surface area contributed by atoms with E-state index in [0.717, 1.165) is 51.4 Å². The van der Waals surface area contributed by atoms with Crippen molar-refractivity contribution in [2.45, 2.75) is 238 Å². The third-order valence-electron chi connectivity index (χ3n) is 11.6. The van der Waals surface area contributed by atoms with E-state index in [0.29, 0.717) is 23.9 Å². The Labute approximate surface area is 406 Å². The fourth-order valence-electron chi connectivity index (χ4n) is 7.40. The van der Waals surface area contributed by atoms with E-state index in [1.54, 1.807) is 0 Å². The van der Waals surface area contributed by atoms with Crippen LogP contribution in [0.1, 0.15) is 232 Å². The van der Waals surface area contributed by atoms with Gasteiger partial charge in [-0.3, -0.25) is 14.2 Å². The second-order valence-corrected chi connectivity index (χ2v) is 20.6. The van der Waals surface area contributed by atoms with Gasteiger partial charge in [0.2, 0.25) is 0 Å². The molecule has 0 heterocycles. The van der Waals surface area contributed by atoms with E-state index in [1.165, 1.54) is 141 Å². The fourth-order valence-corrected chi connectivity index (χ4v) is 8.13. The zero-order valence-corrected chi connectivity index (χ0v) is 44.3.